The lowest BCUT2D eigenvalue weighted by Gasteiger charge is -2.16. The lowest BCUT2D eigenvalue weighted by atomic mass is 9.92. The molecule has 1 aromatic rings. The standard InChI is InChI=1S/C9H14N2O/c1-9(2,3)7-5-8(12)11(4)6-10-7/h5-6H,1-4H3. The van der Waals surface area contributed by atoms with Crippen molar-refractivity contribution in [3.63, 3.8) is 0 Å². The van der Waals surface area contributed by atoms with Crippen LogP contribution in [0.2, 0.25) is 0 Å². The molecule has 0 N–H and O–H groups in total. The molecule has 0 amide bonds. The molecule has 0 bridgehead atoms. The van der Waals surface area contributed by atoms with Gasteiger partial charge in [0, 0.05) is 18.5 Å². The van der Waals surface area contributed by atoms with Crippen molar-refractivity contribution in [2.75, 3.05) is 0 Å². The Balaban J connectivity index is 3.23. The second-order valence-electron chi connectivity index (χ2n) is 3.97. The summed E-state index contributed by atoms with van der Waals surface area (Å²) < 4.78 is 1.47. The summed E-state index contributed by atoms with van der Waals surface area (Å²) in [5.74, 6) is 0. The highest BCUT2D eigenvalue weighted by atomic mass is 16.1. The number of aromatic nitrogens is 2. The number of rotatable bonds is 0. The van der Waals surface area contributed by atoms with Crippen molar-refractivity contribution in [1.82, 2.24) is 9.55 Å². The lowest BCUT2D eigenvalue weighted by Crippen LogP contribution is -2.22. The molecule has 0 aliphatic carbocycles. The molecule has 0 saturated carbocycles. The van der Waals surface area contributed by atoms with Crippen LogP contribution < -0.4 is 5.56 Å². The van der Waals surface area contributed by atoms with E-state index in [0.717, 1.165) is 5.69 Å². The summed E-state index contributed by atoms with van der Waals surface area (Å²) in [5, 5.41) is 0. The lowest BCUT2D eigenvalue weighted by molar-refractivity contribution is 0.560. The number of aryl methyl sites for hydroxylation is 1. The van der Waals surface area contributed by atoms with Crippen LogP contribution in [0.1, 0.15) is 26.5 Å². The third-order valence-corrected chi connectivity index (χ3v) is 1.75. The Morgan fingerprint density at radius 2 is 2.00 bits per heavy atom. The Labute approximate surface area is 72.1 Å². The van der Waals surface area contributed by atoms with E-state index in [1.54, 1.807) is 19.4 Å². The van der Waals surface area contributed by atoms with Crippen LogP contribution in [0.15, 0.2) is 17.2 Å². The van der Waals surface area contributed by atoms with Gasteiger partial charge in [0.2, 0.25) is 0 Å². The molecule has 0 spiro atoms. The van der Waals surface area contributed by atoms with Crippen molar-refractivity contribution in [2.45, 2.75) is 26.2 Å². The van der Waals surface area contributed by atoms with E-state index in [0.29, 0.717) is 0 Å². The maximum absolute atomic E-state index is 11.2. The van der Waals surface area contributed by atoms with Gasteiger partial charge >= 0.3 is 0 Å². The first kappa shape index (κ1) is 8.97. The predicted molar refractivity (Wildman–Crippen MR) is 48.2 cm³/mol. The van der Waals surface area contributed by atoms with Crippen LogP contribution in [0.25, 0.3) is 0 Å². The molecule has 0 atom stereocenters. The molecule has 1 rings (SSSR count). The highest BCUT2D eigenvalue weighted by Gasteiger charge is 2.15. The van der Waals surface area contributed by atoms with Crippen LogP contribution >= 0.6 is 0 Å². The minimum Gasteiger partial charge on any atom is -0.302 e. The third-order valence-electron chi connectivity index (χ3n) is 1.75. The van der Waals surface area contributed by atoms with Gasteiger partial charge in [-0.3, -0.25) is 4.79 Å². The van der Waals surface area contributed by atoms with Gasteiger partial charge < -0.3 is 4.57 Å². The fourth-order valence-corrected chi connectivity index (χ4v) is 0.872. The van der Waals surface area contributed by atoms with Crippen LogP contribution in [0.4, 0.5) is 0 Å². The molecule has 0 aliphatic rings. The largest absolute Gasteiger partial charge is 0.302 e. The summed E-state index contributed by atoms with van der Waals surface area (Å²) in [5.41, 5.74) is 0.786. The zero-order valence-electron chi connectivity index (χ0n) is 7.96. The van der Waals surface area contributed by atoms with E-state index in [4.69, 9.17) is 0 Å². The zero-order valence-corrected chi connectivity index (χ0v) is 7.96. The summed E-state index contributed by atoms with van der Waals surface area (Å²) in [6.45, 7) is 6.11. The van der Waals surface area contributed by atoms with E-state index in [2.05, 4.69) is 4.98 Å². The SMILES string of the molecule is Cn1cnc(C(C)(C)C)cc1=O. The maximum Gasteiger partial charge on any atom is 0.253 e. The molecule has 0 fully saturated rings. The molecule has 0 saturated heterocycles. The fourth-order valence-electron chi connectivity index (χ4n) is 0.872. The Bertz CT molecular complexity index is 333. The molecule has 3 nitrogen and oxygen atoms in total. The summed E-state index contributed by atoms with van der Waals surface area (Å²) in [4.78, 5) is 15.4. The van der Waals surface area contributed by atoms with E-state index in [-0.39, 0.29) is 11.0 Å². The normalized spacial score (nSPS) is 11.7. The molecule has 0 radical (unpaired) electrons. The van der Waals surface area contributed by atoms with E-state index in [9.17, 15) is 4.79 Å². The van der Waals surface area contributed by atoms with Gasteiger partial charge in [0.1, 0.15) is 0 Å². The Kier molecular flexibility index (Phi) is 2.04. The van der Waals surface area contributed by atoms with Crippen LogP contribution in [0.5, 0.6) is 0 Å². The predicted octanol–water partition coefficient (Wildman–Crippen LogP) is 1.08. The number of hydrogen-bond acceptors (Lipinski definition) is 2. The van der Waals surface area contributed by atoms with E-state index in [1.807, 2.05) is 20.8 Å². The first-order valence-corrected chi connectivity index (χ1v) is 3.94. The molecule has 1 heterocycles. The van der Waals surface area contributed by atoms with Crippen molar-refractivity contribution in [3.05, 3.63) is 28.4 Å². The zero-order chi connectivity index (χ0) is 9.35. The van der Waals surface area contributed by atoms with Crippen molar-refractivity contribution in [3.8, 4) is 0 Å². The second kappa shape index (κ2) is 2.73. The van der Waals surface area contributed by atoms with Crippen LogP contribution in [0, 0.1) is 0 Å². The second-order valence-corrected chi connectivity index (χ2v) is 3.97. The van der Waals surface area contributed by atoms with Gasteiger partial charge in [0.25, 0.3) is 5.56 Å². The molecular formula is C9H14N2O. The van der Waals surface area contributed by atoms with Crippen LogP contribution in [0.3, 0.4) is 0 Å². The number of nitrogens with zero attached hydrogens (tertiary/aromatic N) is 2. The Morgan fingerprint density at radius 1 is 1.42 bits per heavy atom. The molecule has 0 aromatic carbocycles. The smallest absolute Gasteiger partial charge is 0.253 e. The van der Waals surface area contributed by atoms with Crippen molar-refractivity contribution in [2.24, 2.45) is 7.05 Å². The first-order chi connectivity index (χ1) is 5.41. The summed E-state index contributed by atoms with van der Waals surface area (Å²) in [6.07, 6.45) is 1.56. The van der Waals surface area contributed by atoms with Crippen LogP contribution in [-0.4, -0.2) is 9.55 Å². The van der Waals surface area contributed by atoms with E-state index in [1.165, 1.54) is 4.57 Å². The Hall–Kier alpha value is -1.12. The maximum atomic E-state index is 11.2. The topological polar surface area (TPSA) is 34.9 Å². The van der Waals surface area contributed by atoms with Crippen LogP contribution in [-0.2, 0) is 12.5 Å². The molecule has 3 heteroatoms. The average Bonchev–Trinajstić information content (AvgIpc) is 1.92. The van der Waals surface area contributed by atoms with Crippen molar-refractivity contribution < 1.29 is 0 Å². The quantitative estimate of drug-likeness (QED) is 0.578. The fraction of sp³-hybridized carbons (Fsp3) is 0.556. The van der Waals surface area contributed by atoms with Gasteiger partial charge in [0.15, 0.2) is 0 Å². The number of hydrogen-bond donors (Lipinski definition) is 0. The monoisotopic (exact) mass is 166 g/mol. The molecule has 1 aromatic heterocycles. The van der Waals surface area contributed by atoms with Crippen molar-refractivity contribution in [1.29, 1.82) is 0 Å². The summed E-state index contributed by atoms with van der Waals surface area (Å²) >= 11 is 0. The van der Waals surface area contributed by atoms with Crippen molar-refractivity contribution >= 4 is 0 Å². The highest BCUT2D eigenvalue weighted by molar-refractivity contribution is 5.10. The van der Waals surface area contributed by atoms with Gasteiger partial charge in [-0.25, -0.2) is 4.98 Å². The average molecular weight is 166 g/mol. The molecule has 0 aliphatic heterocycles. The van der Waals surface area contributed by atoms with E-state index >= 15 is 0 Å². The minimum atomic E-state index is -0.0482. The van der Waals surface area contributed by atoms with Gasteiger partial charge in [-0.2, -0.15) is 0 Å². The highest BCUT2D eigenvalue weighted by Crippen LogP contribution is 2.17. The van der Waals surface area contributed by atoms with Gasteiger partial charge in [-0.05, 0) is 0 Å². The van der Waals surface area contributed by atoms with E-state index < -0.39 is 0 Å². The summed E-state index contributed by atoms with van der Waals surface area (Å²) in [7, 11) is 1.70. The molecular weight excluding hydrogens is 152 g/mol. The van der Waals surface area contributed by atoms with Gasteiger partial charge in [0.05, 0.1) is 12.0 Å². The first-order valence-electron chi connectivity index (χ1n) is 3.94. The van der Waals surface area contributed by atoms with Gasteiger partial charge in [-0.15, -0.1) is 0 Å². The molecule has 0 unspecified atom stereocenters. The third kappa shape index (κ3) is 1.72. The summed E-state index contributed by atoms with van der Waals surface area (Å²) in [6, 6.07) is 1.58. The Morgan fingerprint density at radius 3 is 2.42 bits per heavy atom. The van der Waals surface area contributed by atoms with Gasteiger partial charge in [-0.1, -0.05) is 20.8 Å². The minimum absolute atomic E-state index is 0.00470. The molecule has 66 valence electrons. The molecule has 12 heavy (non-hydrogen) atoms.